The van der Waals surface area contributed by atoms with Gasteiger partial charge in [0.1, 0.15) is 18.1 Å². The van der Waals surface area contributed by atoms with Crippen molar-refractivity contribution in [2.24, 2.45) is 17.6 Å². The number of aliphatic hydroxyl groups is 1. The highest BCUT2D eigenvalue weighted by Gasteiger charge is 2.31. The minimum Gasteiger partial charge on any atom is -0.480 e. The van der Waals surface area contributed by atoms with Crippen molar-refractivity contribution < 1.29 is 29.4 Å². The Kier molecular flexibility index (Phi) is 11.3. The minimum atomic E-state index is -1.35. The first-order chi connectivity index (χ1) is 12.9. The normalized spacial score (nSPS) is 16.4. The van der Waals surface area contributed by atoms with Crippen LogP contribution >= 0.6 is 0 Å². The van der Waals surface area contributed by atoms with E-state index in [9.17, 15) is 29.4 Å². The first-order valence-corrected chi connectivity index (χ1v) is 9.44. The molecular formula is C18H34N4O6. The Morgan fingerprint density at radius 1 is 0.893 bits per heavy atom. The van der Waals surface area contributed by atoms with Gasteiger partial charge in [-0.2, -0.15) is 0 Å². The van der Waals surface area contributed by atoms with Crippen molar-refractivity contribution in [1.82, 2.24) is 16.0 Å². The van der Waals surface area contributed by atoms with Crippen LogP contribution in [0.1, 0.15) is 47.5 Å². The molecule has 10 heteroatoms. The molecule has 10 nitrogen and oxygen atoms in total. The summed E-state index contributed by atoms with van der Waals surface area (Å²) < 4.78 is 0. The summed E-state index contributed by atoms with van der Waals surface area (Å²) in [6.07, 6.45) is 0.821. The standard InChI is InChI=1S/C18H34N4O6/c1-6-10(4)14(18(27)28)22-17(26)13(8-23)21-16(25)12(7-9(2)3)20-15(24)11(5)19/h9-14,23H,6-8,19H2,1-5H3,(H,20,24)(H,21,25)(H,22,26)(H,27,28). The molecule has 0 aliphatic rings. The zero-order valence-electron chi connectivity index (χ0n) is 17.2. The number of carboxylic acid groups (broad SMARTS) is 1. The van der Waals surface area contributed by atoms with E-state index in [1.807, 2.05) is 13.8 Å². The van der Waals surface area contributed by atoms with Crippen LogP contribution in [0.3, 0.4) is 0 Å². The minimum absolute atomic E-state index is 0.0623. The molecule has 7 N–H and O–H groups in total. The van der Waals surface area contributed by atoms with Crippen LogP contribution in [0.5, 0.6) is 0 Å². The second kappa shape index (κ2) is 12.3. The summed E-state index contributed by atoms with van der Waals surface area (Å²) >= 11 is 0. The predicted molar refractivity (Wildman–Crippen MR) is 103 cm³/mol. The molecule has 5 unspecified atom stereocenters. The Morgan fingerprint density at radius 3 is 1.79 bits per heavy atom. The lowest BCUT2D eigenvalue weighted by Gasteiger charge is -2.26. The molecule has 0 saturated carbocycles. The summed E-state index contributed by atoms with van der Waals surface area (Å²) in [5, 5.41) is 26.0. The van der Waals surface area contributed by atoms with E-state index in [4.69, 9.17) is 5.73 Å². The maximum absolute atomic E-state index is 12.5. The van der Waals surface area contributed by atoms with Gasteiger partial charge < -0.3 is 31.9 Å². The number of hydrogen-bond donors (Lipinski definition) is 6. The Labute approximate surface area is 165 Å². The van der Waals surface area contributed by atoms with Crippen molar-refractivity contribution in [2.75, 3.05) is 6.61 Å². The number of nitrogens with one attached hydrogen (secondary N) is 3. The van der Waals surface area contributed by atoms with E-state index < -0.39 is 54.5 Å². The van der Waals surface area contributed by atoms with Crippen molar-refractivity contribution in [1.29, 1.82) is 0 Å². The van der Waals surface area contributed by atoms with E-state index in [0.717, 1.165) is 0 Å². The first kappa shape index (κ1) is 25.8. The van der Waals surface area contributed by atoms with Crippen LogP contribution < -0.4 is 21.7 Å². The maximum atomic E-state index is 12.5. The van der Waals surface area contributed by atoms with Gasteiger partial charge in [0.2, 0.25) is 17.7 Å². The lowest BCUT2D eigenvalue weighted by atomic mass is 9.99. The molecule has 0 aromatic rings. The van der Waals surface area contributed by atoms with E-state index in [1.165, 1.54) is 6.92 Å². The van der Waals surface area contributed by atoms with Crippen LogP contribution in [0.25, 0.3) is 0 Å². The number of hydrogen-bond acceptors (Lipinski definition) is 6. The Morgan fingerprint density at radius 2 is 1.39 bits per heavy atom. The Bertz CT molecular complexity index is 552. The zero-order valence-corrected chi connectivity index (χ0v) is 17.2. The third-order valence-electron chi connectivity index (χ3n) is 4.35. The molecule has 5 atom stereocenters. The van der Waals surface area contributed by atoms with Crippen LogP contribution in [0.2, 0.25) is 0 Å². The highest BCUT2D eigenvalue weighted by molar-refractivity contribution is 5.94. The summed E-state index contributed by atoms with van der Waals surface area (Å²) in [6, 6.07) is -4.25. The van der Waals surface area contributed by atoms with Gasteiger partial charge in [0.25, 0.3) is 0 Å². The van der Waals surface area contributed by atoms with Crippen molar-refractivity contribution >= 4 is 23.7 Å². The molecule has 162 valence electrons. The van der Waals surface area contributed by atoms with E-state index in [0.29, 0.717) is 12.8 Å². The average molecular weight is 402 g/mol. The summed E-state index contributed by atoms with van der Waals surface area (Å²) in [7, 11) is 0. The lowest BCUT2D eigenvalue weighted by molar-refractivity contribution is -0.144. The molecule has 0 bridgehead atoms. The molecule has 0 spiro atoms. The highest BCUT2D eigenvalue weighted by Crippen LogP contribution is 2.09. The molecule has 0 fully saturated rings. The topological polar surface area (TPSA) is 171 Å². The third kappa shape index (κ3) is 8.66. The number of carbonyl (C=O) groups excluding carboxylic acids is 3. The largest absolute Gasteiger partial charge is 0.480 e. The molecule has 0 aliphatic carbocycles. The molecule has 28 heavy (non-hydrogen) atoms. The van der Waals surface area contributed by atoms with Crippen LogP contribution in [0, 0.1) is 11.8 Å². The van der Waals surface area contributed by atoms with E-state index in [1.54, 1.807) is 13.8 Å². The van der Waals surface area contributed by atoms with Gasteiger partial charge in [0.05, 0.1) is 12.6 Å². The van der Waals surface area contributed by atoms with Crippen LogP contribution in [-0.4, -0.2) is 64.7 Å². The molecule has 0 heterocycles. The van der Waals surface area contributed by atoms with E-state index in [-0.39, 0.29) is 11.8 Å². The molecule has 3 amide bonds. The quantitative estimate of drug-likeness (QED) is 0.242. The third-order valence-corrected chi connectivity index (χ3v) is 4.35. The van der Waals surface area contributed by atoms with E-state index >= 15 is 0 Å². The van der Waals surface area contributed by atoms with Gasteiger partial charge in [0.15, 0.2) is 0 Å². The second-order valence-corrected chi connectivity index (χ2v) is 7.43. The van der Waals surface area contributed by atoms with Crippen molar-refractivity contribution in [3.05, 3.63) is 0 Å². The van der Waals surface area contributed by atoms with Crippen molar-refractivity contribution in [3.8, 4) is 0 Å². The fourth-order valence-electron chi connectivity index (χ4n) is 2.41. The number of aliphatic carboxylic acids is 1. The predicted octanol–water partition coefficient (Wildman–Crippen LogP) is -1.04. The molecule has 0 rings (SSSR count). The number of carboxylic acids is 1. The number of rotatable bonds is 12. The fraction of sp³-hybridized carbons (Fsp3) is 0.778. The molecule has 0 aromatic carbocycles. The van der Waals surface area contributed by atoms with Gasteiger partial charge in [-0.05, 0) is 25.2 Å². The smallest absolute Gasteiger partial charge is 0.326 e. The summed E-state index contributed by atoms with van der Waals surface area (Å²) in [5.74, 6) is -3.47. The summed E-state index contributed by atoms with van der Waals surface area (Å²) in [6.45, 7) is 7.93. The van der Waals surface area contributed by atoms with Gasteiger partial charge in [-0.25, -0.2) is 4.79 Å². The van der Waals surface area contributed by atoms with Crippen molar-refractivity contribution in [2.45, 2.75) is 71.6 Å². The van der Waals surface area contributed by atoms with Gasteiger partial charge >= 0.3 is 5.97 Å². The average Bonchev–Trinajstić information content (AvgIpc) is 2.61. The zero-order chi connectivity index (χ0) is 22.0. The molecule has 0 aromatic heterocycles. The van der Waals surface area contributed by atoms with Gasteiger partial charge in [-0.15, -0.1) is 0 Å². The summed E-state index contributed by atoms with van der Waals surface area (Å²) in [4.78, 5) is 48.1. The fourth-order valence-corrected chi connectivity index (χ4v) is 2.41. The monoisotopic (exact) mass is 402 g/mol. The Hall–Kier alpha value is -2.20. The molecule has 0 saturated heterocycles. The van der Waals surface area contributed by atoms with Crippen LogP contribution in [0.15, 0.2) is 0 Å². The second-order valence-electron chi connectivity index (χ2n) is 7.43. The van der Waals surface area contributed by atoms with Crippen LogP contribution in [0.4, 0.5) is 0 Å². The van der Waals surface area contributed by atoms with E-state index in [2.05, 4.69) is 16.0 Å². The lowest BCUT2D eigenvalue weighted by Crippen LogP contribution is -2.58. The van der Waals surface area contributed by atoms with Gasteiger partial charge in [0, 0.05) is 0 Å². The van der Waals surface area contributed by atoms with Gasteiger partial charge in [-0.3, -0.25) is 14.4 Å². The number of nitrogens with two attached hydrogens (primary N) is 1. The molecule has 0 radical (unpaired) electrons. The SMILES string of the molecule is CCC(C)C(NC(=O)C(CO)NC(=O)C(CC(C)C)NC(=O)C(C)N)C(=O)O. The molecular weight excluding hydrogens is 368 g/mol. The van der Waals surface area contributed by atoms with Gasteiger partial charge in [-0.1, -0.05) is 34.1 Å². The summed E-state index contributed by atoms with van der Waals surface area (Å²) in [5.41, 5.74) is 5.51. The van der Waals surface area contributed by atoms with Crippen molar-refractivity contribution in [3.63, 3.8) is 0 Å². The maximum Gasteiger partial charge on any atom is 0.326 e. The number of amides is 3. The number of carbonyl (C=O) groups is 4. The highest BCUT2D eigenvalue weighted by atomic mass is 16.4. The first-order valence-electron chi connectivity index (χ1n) is 9.44. The molecule has 0 aliphatic heterocycles. The number of aliphatic hydroxyl groups excluding tert-OH is 1. The Balaban J connectivity index is 5.20. The van der Waals surface area contributed by atoms with Crippen LogP contribution in [-0.2, 0) is 19.2 Å².